The predicted molar refractivity (Wildman–Crippen MR) is 97.1 cm³/mol. The summed E-state index contributed by atoms with van der Waals surface area (Å²) in [7, 11) is 0. The summed E-state index contributed by atoms with van der Waals surface area (Å²) >= 11 is 0. The largest absolute Gasteiger partial charge is 0.482 e. The molecule has 2 aromatic rings. The van der Waals surface area contributed by atoms with Gasteiger partial charge in [-0.25, -0.2) is 4.79 Å². The highest BCUT2D eigenvalue weighted by atomic mass is 16.6. The molecule has 0 saturated heterocycles. The number of benzene rings is 2. The first-order valence-electron chi connectivity index (χ1n) is 8.61. The van der Waals surface area contributed by atoms with Gasteiger partial charge in [-0.15, -0.1) is 0 Å². The van der Waals surface area contributed by atoms with Gasteiger partial charge in [0, 0.05) is 0 Å². The molecule has 142 valence electrons. The molecule has 7 heteroatoms. The first kappa shape index (κ1) is 18.6. The molecule has 2 aromatic carbocycles. The second kappa shape index (κ2) is 7.99. The fourth-order valence-electron chi connectivity index (χ4n) is 2.78. The Morgan fingerprint density at radius 1 is 1.11 bits per heavy atom. The lowest BCUT2D eigenvalue weighted by atomic mass is 10.1. The minimum absolute atomic E-state index is 0.265. The number of carbonyl (C=O) groups is 2. The maximum atomic E-state index is 12.6. The van der Waals surface area contributed by atoms with Crippen LogP contribution in [0.15, 0.2) is 48.5 Å². The number of carboxylic acid groups (broad SMARTS) is 1. The van der Waals surface area contributed by atoms with Gasteiger partial charge in [0.2, 0.25) is 6.10 Å². The zero-order chi connectivity index (χ0) is 19.4. The van der Waals surface area contributed by atoms with Crippen molar-refractivity contribution >= 4 is 11.9 Å². The second-order valence-corrected chi connectivity index (χ2v) is 6.29. The Kier molecular flexibility index (Phi) is 5.49. The SMILES string of the molecule is CC(NC(=O)C1Oc2ccccc2OC1C)c1ccc(OCC(=O)O)cc1. The van der Waals surface area contributed by atoms with Crippen LogP contribution in [0.1, 0.15) is 25.5 Å². The molecule has 0 aliphatic carbocycles. The molecule has 2 N–H and O–H groups in total. The summed E-state index contributed by atoms with van der Waals surface area (Å²) in [6, 6.07) is 13.9. The Morgan fingerprint density at radius 3 is 2.37 bits per heavy atom. The molecule has 1 amide bonds. The molecule has 0 fully saturated rings. The van der Waals surface area contributed by atoms with Gasteiger partial charge in [-0.3, -0.25) is 4.79 Å². The molecule has 0 saturated carbocycles. The molecule has 1 aliphatic heterocycles. The van der Waals surface area contributed by atoms with Crippen molar-refractivity contribution in [3.05, 3.63) is 54.1 Å². The van der Waals surface area contributed by atoms with Crippen molar-refractivity contribution in [3.8, 4) is 17.2 Å². The Morgan fingerprint density at radius 2 is 1.74 bits per heavy atom. The molecule has 3 rings (SSSR count). The Hall–Kier alpha value is -3.22. The van der Waals surface area contributed by atoms with E-state index in [1.807, 2.05) is 19.1 Å². The van der Waals surface area contributed by atoms with E-state index >= 15 is 0 Å². The maximum absolute atomic E-state index is 12.6. The van der Waals surface area contributed by atoms with E-state index in [1.54, 1.807) is 43.3 Å². The molecule has 27 heavy (non-hydrogen) atoms. The fourth-order valence-corrected chi connectivity index (χ4v) is 2.78. The van der Waals surface area contributed by atoms with Crippen LogP contribution >= 0.6 is 0 Å². The zero-order valence-corrected chi connectivity index (χ0v) is 15.0. The van der Waals surface area contributed by atoms with Crippen LogP contribution in [0.2, 0.25) is 0 Å². The lowest BCUT2D eigenvalue weighted by Gasteiger charge is -2.31. The smallest absolute Gasteiger partial charge is 0.341 e. The van der Waals surface area contributed by atoms with E-state index in [0.29, 0.717) is 17.2 Å². The summed E-state index contributed by atoms with van der Waals surface area (Å²) in [5, 5.41) is 11.5. The summed E-state index contributed by atoms with van der Waals surface area (Å²) in [6.07, 6.45) is -1.17. The summed E-state index contributed by atoms with van der Waals surface area (Å²) < 4.78 is 16.7. The van der Waals surface area contributed by atoms with Crippen molar-refractivity contribution in [1.82, 2.24) is 5.32 Å². The van der Waals surface area contributed by atoms with Crippen LogP contribution < -0.4 is 19.5 Å². The third kappa shape index (κ3) is 4.49. The van der Waals surface area contributed by atoms with Crippen molar-refractivity contribution in [2.45, 2.75) is 32.1 Å². The highest BCUT2D eigenvalue weighted by Crippen LogP contribution is 2.33. The average molecular weight is 371 g/mol. The molecular formula is C20H21NO6. The number of ether oxygens (including phenoxy) is 3. The van der Waals surface area contributed by atoms with Gasteiger partial charge in [-0.2, -0.15) is 0 Å². The summed E-state index contributed by atoms with van der Waals surface area (Å²) in [5.74, 6) is 0.317. The van der Waals surface area contributed by atoms with E-state index < -0.39 is 24.8 Å². The van der Waals surface area contributed by atoms with Crippen molar-refractivity contribution in [3.63, 3.8) is 0 Å². The second-order valence-electron chi connectivity index (χ2n) is 6.29. The van der Waals surface area contributed by atoms with Gasteiger partial charge < -0.3 is 24.6 Å². The standard InChI is InChI=1S/C20H21NO6/c1-12(14-7-9-15(10-8-14)25-11-18(22)23)21-20(24)19-13(2)26-16-5-3-4-6-17(16)27-19/h3-10,12-13,19H,11H2,1-2H3,(H,21,24)(H,22,23). The van der Waals surface area contributed by atoms with Crippen molar-refractivity contribution in [2.24, 2.45) is 0 Å². The first-order valence-corrected chi connectivity index (χ1v) is 8.61. The van der Waals surface area contributed by atoms with Crippen LogP contribution in [0.4, 0.5) is 0 Å². The molecular weight excluding hydrogens is 350 g/mol. The van der Waals surface area contributed by atoms with Crippen LogP contribution in [0.25, 0.3) is 0 Å². The lowest BCUT2D eigenvalue weighted by Crippen LogP contribution is -2.49. The Bertz CT molecular complexity index is 819. The van der Waals surface area contributed by atoms with Gasteiger partial charge >= 0.3 is 5.97 Å². The van der Waals surface area contributed by atoms with Crippen LogP contribution in [-0.4, -0.2) is 35.8 Å². The van der Waals surface area contributed by atoms with Crippen molar-refractivity contribution < 1.29 is 28.9 Å². The molecule has 0 radical (unpaired) electrons. The third-order valence-electron chi connectivity index (χ3n) is 4.20. The quantitative estimate of drug-likeness (QED) is 0.811. The molecule has 0 bridgehead atoms. The van der Waals surface area contributed by atoms with Gasteiger partial charge in [-0.05, 0) is 43.7 Å². The van der Waals surface area contributed by atoms with E-state index in [-0.39, 0.29) is 11.9 Å². The van der Waals surface area contributed by atoms with Gasteiger partial charge in [0.15, 0.2) is 18.1 Å². The van der Waals surface area contributed by atoms with Crippen molar-refractivity contribution in [1.29, 1.82) is 0 Å². The number of para-hydroxylation sites is 2. The summed E-state index contributed by atoms with van der Waals surface area (Å²) in [5.41, 5.74) is 0.857. The predicted octanol–water partition coefficient (Wildman–Crippen LogP) is 2.56. The molecule has 1 heterocycles. The van der Waals surface area contributed by atoms with E-state index in [4.69, 9.17) is 19.3 Å². The zero-order valence-electron chi connectivity index (χ0n) is 15.0. The van der Waals surface area contributed by atoms with Gasteiger partial charge in [0.1, 0.15) is 11.9 Å². The number of carboxylic acids is 1. The van der Waals surface area contributed by atoms with Gasteiger partial charge in [0.05, 0.1) is 6.04 Å². The van der Waals surface area contributed by atoms with Crippen LogP contribution in [0.5, 0.6) is 17.2 Å². The number of fused-ring (bicyclic) bond motifs is 1. The molecule has 3 atom stereocenters. The highest BCUT2D eigenvalue weighted by Gasteiger charge is 2.34. The number of aliphatic carboxylic acids is 1. The summed E-state index contributed by atoms with van der Waals surface area (Å²) in [4.78, 5) is 23.2. The number of rotatable bonds is 6. The molecule has 1 aliphatic rings. The number of nitrogens with one attached hydrogen (secondary N) is 1. The third-order valence-corrected chi connectivity index (χ3v) is 4.20. The normalized spacial score (nSPS) is 19.0. The lowest BCUT2D eigenvalue weighted by molar-refractivity contribution is -0.139. The molecule has 0 aromatic heterocycles. The average Bonchev–Trinajstić information content (AvgIpc) is 2.66. The fraction of sp³-hybridized carbons (Fsp3) is 0.300. The molecule has 3 unspecified atom stereocenters. The van der Waals surface area contributed by atoms with Crippen LogP contribution in [0.3, 0.4) is 0 Å². The minimum Gasteiger partial charge on any atom is -0.482 e. The molecule has 7 nitrogen and oxygen atoms in total. The Balaban J connectivity index is 1.61. The van der Waals surface area contributed by atoms with Crippen LogP contribution in [0, 0.1) is 0 Å². The number of hydrogen-bond donors (Lipinski definition) is 2. The highest BCUT2D eigenvalue weighted by molar-refractivity contribution is 5.82. The van der Waals surface area contributed by atoms with Gasteiger partial charge in [0.25, 0.3) is 5.91 Å². The summed E-state index contributed by atoms with van der Waals surface area (Å²) in [6.45, 7) is 3.25. The van der Waals surface area contributed by atoms with E-state index in [1.165, 1.54) is 0 Å². The number of hydrogen-bond acceptors (Lipinski definition) is 5. The van der Waals surface area contributed by atoms with E-state index in [9.17, 15) is 9.59 Å². The van der Waals surface area contributed by atoms with E-state index in [0.717, 1.165) is 5.56 Å². The Labute approximate surface area is 156 Å². The van der Waals surface area contributed by atoms with Crippen LogP contribution in [-0.2, 0) is 9.59 Å². The first-order chi connectivity index (χ1) is 12.9. The number of amides is 1. The minimum atomic E-state index is -1.04. The number of carbonyl (C=O) groups excluding carboxylic acids is 1. The monoisotopic (exact) mass is 371 g/mol. The molecule has 0 spiro atoms. The van der Waals surface area contributed by atoms with Gasteiger partial charge in [-0.1, -0.05) is 24.3 Å². The van der Waals surface area contributed by atoms with Crippen molar-refractivity contribution in [2.75, 3.05) is 6.61 Å². The van der Waals surface area contributed by atoms with E-state index in [2.05, 4.69) is 5.32 Å². The maximum Gasteiger partial charge on any atom is 0.341 e. The topological polar surface area (TPSA) is 94.1 Å².